The SMILES string of the molecule is CC(C)CC(NC(=O)C(Cc1ccccc1)NC(=O)OCc1ccccc1)C(=O)O. The maximum Gasteiger partial charge on any atom is 0.408 e. The Labute approximate surface area is 176 Å². The molecule has 0 aromatic heterocycles. The lowest BCUT2D eigenvalue weighted by Crippen LogP contribution is -2.52. The molecule has 0 fully saturated rings. The molecule has 0 saturated carbocycles. The van der Waals surface area contributed by atoms with Crippen LogP contribution in [0.2, 0.25) is 0 Å². The van der Waals surface area contributed by atoms with E-state index in [9.17, 15) is 19.5 Å². The van der Waals surface area contributed by atoms with E-state index in [0.717, 1.165) is 11.1 Å². The standard InChI is InChI=1S/C23H28N2O5/c1-16(2)13-20(22(27)28)24-21(26)19(14-17-9-5-3-6-10-17)25-23(29)30-15-18-11-7-4-8-12-18/h3-12,16,19-20H,13-15H2,1-2H3,(H,24,26)(H,25,29)(H,27,28). The van der Waals surface area contributed by atoms with Crippen molar-refractivity contribution in [3.63, 3.8) is 0 Å². The third kappa shape index (κ3) is 7.95. The predicted octanol–water partition coefficient (Wildman–Crippen LogP) is 3.14. The molecule has 0 aliphatic carbocycles. The second-order valence-corrected chi connectivity index (χ2v) is 7.48. The highest BCUT2D eigenvalue weighted by Gasteiger charge is 2.27. The van der Waals surface area contributed by atoms with Gasteiger partial charge in [-0.25, -0.2) is 9.59 Å². The average molecular weight is 412 g/mol. The number of aliphatic carboxylic acids is 1. The smallest absolute Gasteiger partial charge is 0.408 e. The van der Waals surface area contributed by atoms with Crippen LogP contribution in [-0.2, 0) is 27.4 Å². The number of benzene rings is 2. The predicted molar refractivity (Wildman–Crippen MR) is 113 cm³/mol. The van der Waals surface area contributed by atoms with Gasteiger partial charge in [0.1, 0.15) is 18.7 Å². The second-order valence-electron chi connectivity index (χ2n) is 7.48. The van der Waals surface area contributed by atoms with Gasteiger partial charge < -0.3 is 20.5 Å². The molecule has 2 unspecified atom stereocenters. The lowest BCUT2D eigenvalue weighted by Gasteiger charge is -2.22. The third-order valence-electron chi connectivity index (χ3n) is 4.43. The van der Waals surface area contributed by atoms with Crippen molar-refractivity contribution < 1.29 is 24.2 Å². The molecule has 2 aromatic carbocycles. The van der Waals surface area contributed by atoms with E-state index in [2.05, 4.69) is 10.6 Å². The molecule has 0 aliphatic heterocycles. The minimum Gasteiger partial charge on any atom is -0.480 e. The van der Waals surface area contributed by atoms with Gasteiger partial charge in [0, 0.05) is 6.42 Å². The zero-order valence-electron chi connectivity index (χ0n) is 17.2. The maximum atomic E-state index is 12.8. The summed E-state index contributed by atoms with van der Waals surface area (Å²) in [5, 5.41) is 14.5. The molecule has 2 aromatic rings. The fraction of sp³-hybridized carbons (Fsp3) is 0.348. The summed E-state index contributed by atoms with van der Waals surface area (Å²) in [5.74, 6) is -1.59. The van der Waals surface area contributed by atoms with Crippen LogP contribution in [-0.4, -0.2) is 35.2 Å². The molecule has 30 heavy (non-hydrogen) atoms. The highest BCUT2D eigenvalue weighted by molar-refractivity contribution is 5.89. The monoisotopic (exact) mass is 412 g/mol. The van der Waals surface area contributed by atoms with E-state index in [1.807, 2.05) is 74.5 Å². The third-order valence-corrected chi connectivity index (χ3v) is 4.43. The number of hydrogen-bond acceptors (Lipinski definition) is 4. The molecule has 3 N–H and O–H groups in total. The van der Waals surface area contributed by atoms with E-state index >= 15 is 0 Å². The van der Waals surface area contributed by atoms with E-state index in [1.54, 1.807) is 0 Å². The summed E-state index contributed by atoms with van der Waals surface area (Å²) in [4.78, 5) is 36.6. The van der Waals surface area contributed by atoms with Gasteiger partial charge in [-0.2, -0.15) is 0 Å². The molecule has 0 bridgehead atoms. The summed E-state index contributed by atoms with van der Waals surface area (Å²) in [5.41, 5.74) is 1.65. The Kier molecular flexibility index (Phi) is 8.87. The molecule has 2 atom stereocenters. The summed E-state index contributed by atoms with van der Waals surface area (Å²) in [6.07, 6.45) is -0.246. The van der Waals surface area contributed by atoms with Crippen molar-refractivity contribution in [2.45, 2.75) is 45.4 Å². The molecule has 2 rings (SSSR count). The van der Waals surface area contributed by atoms with Crippen molar-refractivity contribution in [2.24, 2.45) is 5.92 Å². The van der Waals surface area contributed by atoms with Crippen LogP contribution in [0.1, 0.15) is 31.4 Å². The molecule has 0 aliphatic rings. The molecular formula is C23H28N2O5. The zero-order chi connectivity index (χ0) is 21.9. The van der Waals surface area contributed by atoms with Crippen LogP contribution in [0.4, 0.5) is 4.79 Å². The normalized spacial score (nSPS) is 12.6. The quantitative estimate of drug-likeness (QED) is 0.556. The fourth-order valence-electron chi connectivity index (χ4n) is 2.93. The molecule has 0 saturated heterocycles. The van der Waals surface area contributed by atoms with E-state index in [4.69, 9.17) is 4.74 Å². The van der Waals surface area contributed by atoms with Crippen molar-refractivity contribution in [2.75, 3.05) is 0 Å². The van der Waals surface area contributed by atoms with Crippen molar-refractivity contribution in [1.82, 2.24) is 10.6 Å². The summed E-state index contributed by atoms with van der Waals surface area (Å²) >= 11 is 0. The van der Waals surface area contributed by atoms with Crippen LogP contribution < -0.4 is 10.6 Å². The summed E-state index contributed by atoms with van der Waals surface area (Å²) < 4.78 is 5.22. The van der Waals surface area contributed by atoms with Gasteiger partial charge in [-0.05, 0) is 23.5 Å². The van der Waals surface area contributed by atoms with Gasteiger partial charge in [0.25, 0.3) is 0 Å². The Morgan fingerprint density at radius 3 is 1.97 bits per heavy atom. The first-order valence-corrected chi connectivity index (χ1v) is 9.89. The topological polar surface area (TPSA) is 105 Å². The minimum absolute atomic E-state index is 0.0669. The highest BCUT2D eigenvalue weighted by atomic mass is 16.5. The number of hydrogen-bond donors (Lipinski definition) is 3. The van der Waals surface area contributed by atoms with Crippen molar-refractivity contribution in [3.8, 4) is 0 Å². The number of nitrogens with one attached hydrogen (secondary N) is 2. The van der Waals surface area contributed by atoms with E-state index in [0.29, 0.717) is 0 Å². The molecule has 0 heterocycles. The molecule has 7 nitrogen and oxygen atoms in total. The Bertz CT molecular complexity index is 824. The van der Waals surface area contributed by atoms with Crippen LogP contribution in [0, 0.1) is 5.92 Å². The Morgan fingerprint density at radius 1 is 0.867 bits per heavy atom. The number of rotatable bonds is 10. The summed E-state index contributed by atoms with van der Waals surface area (Å²) in [7, 11) is 0. The molecule has 2 amide bonds. The minimum atomic E-state index is -1.11. The van der Waals surface area contributed by atoms with Gasteiger partial charge in [0.05, 0.1) is 0 Å². The molecular weight excluding hydrogens is 384 g/mol. The number of ether oxygens (including phenoxy) is 1. The van der Waals surface area contributed by atoms with Gasteiger partial charge in [-0.1, -0.05) is 74.5 Å². The Hall–Kier alpha value is -3.35. The van der Waals surface area contributed by atoms with Crippen LogP contribution in [0.5, 0.6) is 0 Å². The maximum absolute atomic E-state index is 12.8. The number of carboxylic acid groups (broad SMARTS) is 1. The summed E-state index contributed by atoms with van der Waals surface area (Å²) in [6, 6.07) is 16.4. The van der Waals surface area contributed by atoms with Gasteiger partial charge in [0.2, 0.25) is 5.91 Å². The molecule has 0 radical (unpaired) electrons. The second kappa shape index (κ2) is 11.6. The first-order valence-electron chi connectivity index (χ1n) is 9.89. The van der Waals surface area contributed by atoms with E-state index in [1.165, 1.54) is 0 Å². The molecule has 160 valence electrons. The van der Waals surface area contributed by atoms with Crippen LogP contribution in [0.15, 0.2) is 60.7 Å². The zero-order valence-corrected chi connectivity index (χ0v) is 17.2. The lowest BCUT2D eigenvalue weighted by molar-refractivity contribution is -0.142. The Balaban J connectivity index is 2.06. The fourth-order valence-corrected chi connectivity index (χ4v) is 2.93. The number of carbonyl (C=O) groups is 3. The first-order chi connectivity index (χ1) is 14.3. The highest BCUT2D eigenvalue weighted by Crippen LogP contribution is 2.08. The van der Waals surface area contributed by atoms with Gasteiger partial charge in [0.15, 0.2) is 0 Å². The van der Waals surface area contributed by atoms with Gasteiger partial charge >= 0.3 is 12.1 Å². The number of alkyl carbamates (subject to hydrolysis) is 1. The van der Waals surface area contributed by atoms with Crippen molar-refractivity contribution in [3.05, 3.63) is 71.8 Å². The van der Waals surface area contributed by atoms with E-state index in [-0.39, 0.29) is 25.4 Å². The molecule has 7 heteroatoms. The van der Waals surface area contributed by atoms with Gasteiger partial charge in [-0.15, -0.1) is 0 Å². The number of amides is 2. The van der Waals surface area contributed by atoms with Gasteiger partial charge in [-0.3, -0.25) is 4.79 Å². The van der Waals surface area contributed by atoms with Crippen molar-refractivity contribution >= 4 is 18.0 Å². The number of carboxylic acids is 1. The van der Waals surface area contributed by atoms with Crippen molar-refractivity contribution in [1.29, 1.82) is 0 Å². The first kappa shape index (κ1) is 22.9. The lowest BCUT2D eigenvalue weighted by atomic mass is 10.0. The molecule has 0 spiro atoms. The van der Waals surface area contributed by atoms with Crippen LogP contribution in [0.25, 0.3) is 0 Å². The number of carbonyl (C=O) groups excluding carboxylic acids is 2. The summed E-state index contributed by atoms with van der Waals surface area (Å²) in [6.45, 7) is 3.82. The van der Waals surface area contributed by atoms with E-state index < -0.39 is 30.1 Å². The largest absolute Gasteiger partial charge is 0.480 e. The Morgan fingerprint density at radius 2 is 1.43 bits per heavy atom. The van der Waals surface area contributed by atoms with Crippen LogP contribution in [0.3, 0.4) is 0 Å². The average Bonchev–Trinajstić information content (AvgIpc) is 2.72. The van der Waals surface area contributed by atoms with Crippen LogP contribution >= 0.6 is 0 Å².